The molecule has 0 unspecified atom stereocenters. The van der Waals surface area contributed by atoms with Gasteiger partial charge in [-0.1, -0.05) is 0 Å². The predicted octanol–water partition coefficient (Wildman–Crippen LogP) is 2.76. The second kappa shape index (κ2) is 8.36. The van der Waals surface area contributed by atoms with E-state index in [0.29, 0.717) is 23.8 Å². The molecule has 4 heteroatoms. The summed E-state index contributed by atoms with van der Waals surface area (Å²) in [6, 6.07) is 0. The van der Waals surface area contributed by atoms with Crippen molar-refractivity contribution >= 4 is 35.1 Å². The SMILES string of the molecule is CSC(CCC(=O)CCC(C)=O)SC. The van der Waals surface area contributed by atoms with Crippen LogP contribution < -0.4 is 0 Å². The summed E-state index contributed by atoms with van der Waals surface area (Å²) in [5.41, 5.74) is 0. The molecule has 0 amide bonds. The molecule has 0 bridgehead atoms. The molecule has 0 radical (unpaired) electrons. The quantitative estimate of drug-likeness (QED) is 0.605. The first-order chi connectivity index (χ1) is 6.60. The molecule has 0 saturated carbocycles. The zero-order valence-electron chi connectivity index (χ0n) is 9.04. The summed E-state index contributed by atoms with van der Waals surface area (Å²) in [5.74, 6) is 0.318. The van der Waals surface area contributed by atoms with Gasteiger partial charge < -0.3 is 4.79 Å². The highest BCUT2D eigenvalue weighted by Crippen LogP contribution is 2.23. The average molecular weight is 234 g/mol. The normalized spacial score (nSPS) is 10.6. The Morgan fingerprint density at radius 2 is 1.64 bits per heavy atom. The Kier molecular flexibility index (Phi) is 8.38. The first-order valence-corrected chi connectivity index (χ1v) is 7.24. The molecule has 14 heavy (non-hydrogen) atoms. The highest BCUT2D eigenvalue weighted by atomic mass is 32.2. The van der Waals surface area contributed by atoms with E-state index in [1.807, 2.05) is 0 Å². The first-order valence-electron chi connectivity index (χ1n) is 4.67. The second-order valence-electron chi connectivity index (χ2n) is 3.18. The maximum Gasteiger partial charge on any atom is 0.133 e. The lowest BCUT2D eigenvalue weighted by atomic mass is 10.1. The van der Waals surface area contributed by atoms with Crippen LogP contribution in [0.3, 0.4) is 0 Å². The summed E-state index contributed by atoms with van der Waals surface area (Å²) in [4.78, 5) is 22.0. The minimum atomic E-state index is 0.102. The molecule has 0 aliphatic rings. The van der Waals surface area contributed by atoms with Crippen LogP contribution in [0.5, 0.6) is 0 Å². The molecule has 0 N–H and O–H groups in total. The Labute approximate surface area is 94.6 Å². The van der Waals surface area contributed by atoms with Gasteiger partial charge in [0.05, 0.1) is 4.58 Å². The monoisotopic (exact) mass is 234 g/mol. The van der Waals surface area contributed by atoms with Gasteiger partial charge in [-0.25, -0.2) is 0 Å². The van der Waals surface area contributed by atoms with E-state index < -0.39 is 0 Å². The van der Waals surface area contributed by atoms with Crippen molar-refractivity contribution in [2.45, 2.75) is 37.2 Å². The van der Waals surface area contributed by atoms with E-state index in [2.05, 4.69) is 12.5 Å². The molecule has 0 aromatic rings. The van der Waals surface area contributed by atoms with Gasteiger partial charge in [0, 0.05) is 19.3 Å². The smallest absolute Gasteiger partial charge is 0.133 e. The van der Waals surface area contributed by atoms with Crippen LogP contribution in [0.4, 0.5) is 0 Å². The fraction of sp³-hybridized carbons (Fsp3) is 0.800. The first kappa shape index (κ1) is 14.0. The summed E-state index contributed by atoms with van der Waals surface area (Å²) in [6.07, 6.45) is 6.47. The highest BCUT2D eigenvalue weighted by Gasteiger charge is 2.09. The molecule has 0 aromatic carbocycles. The van der Waals surface area contributed by atoms with Crippen LogP contribution in [0.2, 0.25) is 0 Å². The molecule has 0 heterocycles. The van der Waals surface area contributed by atoms with Crippen LogP contribution in [0.1, 0.15) is 32.6 Å². The Hall–Kier alpha value is 0.0400. The lowest BCUT2D eigenvalue weighted by Gasteiger charge is -2.09. The molecule has 0 saturated heterocycles. The van der Waals surface area contributed by atoms with Gasteiger partial charge in [-0.2, -0.15) is 23.5 Å². The zero-order chi connectivity index (χ0) is 11.0. The number of hydrogen-bond donors (Lipinski definition) is 0. The summed E-state index contributed by atoms with van der Waals surface area (Å²) in [6.45, 7) is 1.53. The minimum Gasteiger partial charge on any atom is -0.300 e. The van der Waals surface area contributed by atoms with Crippen molar-refractivity contribution in [3.8, 4) is 0 Å². The van der Waals surface area contributed by atoms with E-state index in [9.17, 15) is 9.59 Å². The molecule has 0 aromatic heterocycles. The van der Waals surface area contributed by atoms with Crippen LogP contribution >= 0.6 is 23.5 Å². The van der Waals surface area contributed by atoms with Crippen LogP contribution in [0.15, 0.2) is 0 Å². The fourth-order valence-corrected chi connectivity index (χ4v) is 2.53. The predicted molar refractivity (Wildman–Crippen MR) is 65.0 cm³/mol. The number of rotatable bonds is 8. The molecule has 0 spiro atoms. The maximum atomic E-state index is 11.3. The van der Waals surface area contributed by atoms with E-state index in [-0.39, 0.29) is 11.6 Å². The van der Waals surface area contributed by atoms with Crippen LogP contribution in [-0.4, -0.2) is 28.7 Å². The summed E-state index contributed by atoms with van der Waals surface area (Å²) in [5, 5.41) is 0. The lowest BCUT2D eigenvalue weighted by molar-refractivity contribution is -0.123. The maximum absolute atomic E-state index is 11.3. The minimum absolute atomic E-state index is 0.102. The van der Waals surface area contributed by atoms with E-state index in [1.54, 1.807) is 23.5 Å². The average Bonchev–Trinajstić information content (AvgIpc) is 2.16. The lowest BCUT2D eigenvalue weighted by Crippen LogP contribution is -2.05. The standard InChI is InChI=1S/C10H18O2S2/c1-8(11)4-5-9(12)6-7-10(13-2)14-3/h10H,4-7H2,1-3H3. The Morgan fingerprint density at radius 3 is 2.07 bits per heavy atom. The fourth-order valence-electron chi connectivity index (χ4n) is 1.05. The van der Waals surface area contributed by atoms with Crippen molar-refractivity contribution in [3.05, 3.63) is 0 Å². The van der Waals surface area contributed by atoms with Crippen molar-refractivity contribution < 1.29 is 9.59 Å². The van der Waals surface area contributed by atoms with E-state index >= 15 is 0 Å². The Morgan fingerprint density at radius 1 is 1.07 bits per heavy atom. The Bertz CT molecular complexity index is 189. The molecular formula is C10H18O2S2. The van der Waals surface area contributed by atoms with Gasteiger partial charge in [-0.3, -0.25) is 4.79 Å². The summed E-state index contributed by atoms with van der Waals surface area (Å²) in [7, 11) is 0. The van der Waals surface area contributed by atoms with Crippen molar-refractivity contribution in [1.29, 1.82) is 0 Å². The van der Waals surface area contributed by atoms with E-state index in [4.69, 9.17) is 0 Å². The third-order valence-corrected chi connectivity index (χ3v) is 4.62. The molecular weight excluding hydrogens is 216 g/mol. The molecule has 0 atom stereocenters. The van der Waals surface area contributed by atoms with Crippen LogP contribution in [-0.2, 0) is 9.59 Å². The molecule has 82 valence electrons. The van der Waals surface area contributed by atoms with Crippen LogP contribution in [0.25, 0.3) is 0 Å². The van der Waals surface area contributed by atoms with Crippen molar-refractivity contribution in [1.82, 2.24) is 0 Å². The number of carbonyl (C=O) groups is 2. The van der Waals surface area contributed by atoms with Gasteiger partial charge in [0.25, 0.3) is 0 Å². The van der Waals surface area contributed by atoms with Gasteiger partial charge in [0.2, 0.25) is 0 Å². The van der Waals surface area contributed by atoms with Crippen molar-refractivity contribution in [3.63, 3.8) is 0 Å². The van der Waals surface area contributed by atoms with E-state index in [1.165, 1.54) is 6.92 Å². The van der Waals surface area contributed by atoms with Crippen molar-refractivity contribution in [2.75, 3.05) is 12.5 Å². The number of Topliss-reactive ketones (excluding diaryl/α,β-unsaturated/α-hetero) is 2. The third-order valence-electron chi connectivity index (χ3n) is 1.94. The van der Waals surface area contributed by atoms with Gasteiger partial charge in [-0.15, -0.1) is 0 Å². The van der Waals surface area contributed by atoms with Crippen LogP contribution in [0, 0.1) is 0 Å². The topological polar surface area (TPSA) is 34.1 Å². The summed E-state index contributed by atoms with van der Waals surface area (Å²) < 4.78 is 0.510. The second-order valence-corrected chi connectivity index (χ2v) is 5.56. The van der Waals surface area contributed by atoms with Gasteiger partial charge in [-0.05, 0) is 25.9 Å². The molecule has 0 aliphatic carbocycles. The number of ketones is 2. The number of carbonyl (C=O) groups excluding carboxylic acids is 2. The van der Waals surface area contributed by atoms with Crippen molar-refractivity contribution in [2.24, 2.45) is 0 Å². The molecule has 0 aliphatic heterocycles. The Balaban J connectivity index is 3.57. The highest BCUT2D eigenvalue weighted by molar-refractivity contribution is 8.16. The number of thioether (sulfide) groups is 2. The largest absolute Gasteiger partial charge is 0.300 e. The zero-order valence-corrected chi connectivity index (χ0v) is 10.7. The van der Waals surface area contributed by atoms with Gasteiger partial charge in [0.1, 0.15) is 11.6 Å². The van der Waals surface area contributed by atoms with Gasteiger partial charge in [0.15, 0.2) is 0 Å². The summed E-state index contributed by atoms with van der Waals surface area (Å²) >= 11 is 3.56. The van der Waals surface area contributed by atoms with E-state index in [0.717, 1.165) is 6.42 Å². The van der Waals surface area contributed by atoms with Gasteiger partial charge >= 0.3 is 0 Å². The molecule has 0 rings (SSSR count). The number of hydrogen-bond acceptors (Lipinski definition) is 4. The third kappa shape index (κ3) is 7.44. The molecule has 2 nitrogen and oxygen atoms in total. The molecule has 0 fully saturated rings.